The smallest absolute Gasteiger partial charge is 0.124 e. The lowest BCUT2D eigenvalue weighted by Crippen LogP contribution is -2.34. The van der Waals surface area contributed by atoms with E-state index in [1.54, 1.807) is 7.11 Å². The van der Waals surface area contributed by atoms with Crippen molar-refractivity contribution in [2.75, 3.05) is 20.2 Å². The Hall–Kier alpha value is -1.48. The van der Waals surface area contributed by atoms with Crippen molar-refractivity contribution in [1.29, 1.82) is 0 Å². The summed E-state index contributed by atoms with van der Waals surface area (Å²) in [5.74, 6) is 3.10. The van der Waals surface area contributed by atoms with Gasteiger partial charge in [-0.15, -0.1) is 0 Å². The van der Waals surface area contributed by atoms with E-state index in [1.165, 1.54) is 66.4 Å². The van der Waals surface area contributed by atoms with Crippen LogP contribution in [0.5, 0.6) is 5.75 Å². The molecule has 0 atom stereocenters. The largest absolute Gasteiger partial charge is 0.496 e. The van der Waals surface area contributed by atoms with E-state index in [-0.39, 0.29) is 0 Å². The summed E-state index contributed by atoms with van der Waals surface area (Å²) in [7, 11) is 1.80. The second-order valence-corrected chi connectivity index (χ2v) is 7.55. The Kier molecular flexibility index (Phi) is 3.84. The summed E-state index contributed by atoms with van der Waals surface area (Å²) >= 11 is 0. The summed E-state index contributed by atoms with van der Waals surface area (Å²) in [5.41, 5.74) is 5.22. The number of fused-ring (bicyclic) bond motifs is 1. The Morgan fingerprint density at radius 3 is 2.43 bits per heavy atom. The minimum absolute atomic E-state index is 1.00. The highest BCUT2D eigenvalue weighted by molar-refractivity contribution is 5.91. The Balaban J connectivity index is 1.60. The van der Waals surface area contributed by atoms with Gasteiger partial charge in [0.15, 0.2) is 0 Å². The van der Waals surface area contributed by atoms with Crippen molar-refractivity contribution in [3.05, 3.63) is 29.0 Å². The minimum Gasteiger partial charge on any atom is -0.496 e. The van der Waals surface area contributed by atoms with Gasteiger partial charge in [0.2, 0.25) is 0 Å². The van der Waals surface area contributed by atoms with E-state index >= 15 is 0 Å². The lowest BCUT2D eigenvalue weighted by Gasteiger charge is -2.32. The maximum absolute atomic E-state index is 5.73. The van der Waals surface area contributed by atoms with Crippen molar-refractivity contribution < 1.29 is 4.74 Å². The van der Waals surface area contributed by atoms with Crippen LogP contribution < -0.4 is 4.74 Å². The van der Waals surface area contributed by atoms with E-state index in [4.69, 9.17) is 4.74 Å². The second-order valence-electron chi connectivity index (χ2n) is 7.55. The maximum atomic E-state index is 5.73. The van der Waals surface area contributed by atoms with Gasteiger partial charge in [-0.1, -0.05) is 0 Å². The number of aromatic amines is 1. The number of hydrogen-bond donors (Lipinski definition) is 1. The van der Waals surface area contributed by atoms with Crippen LogP contribution in [0.3, 0.4) is 0 Å². The average molecular weight is 312 g/mol. The number of likely N-dealkylation sites (tertiary alicyclic amines) is 1. The molecule has 2 fully saturated rings. The van der Waals surface area contributed by atoms with Crippen LogP contribution >= 0.6 is 0 Å². The van der Waals surface area contributed by atoms with E-state index in [0.29, 0.717) is 0 Å². The number of rotatable bonds is 4. The zero-order chi connectivity index (χ0) is 16.0. The van der Waals surface area contributed by atoms with Crippen molar-refractivity contribution in [3.8, 4) is 5.75 Å². The molecule has 0 amide bonds. The number of benzene rings is 1. The van der Waals surface area contributed by atoms with Crippen LogP contribution in [0.1, 0.15) is 42.4 Å². The highest BCUT2D eigenvalue weighted by Gasteiger charge is 2.33. The monoisotopic (exact) mass is 312 g/mol. The number of piperidine rings is 1. The number of hydrogen-bond acceptors (Lipinski definition) is 2. The Morgan fingerprint density at radius 1 is 1.09 bits per heavy atom. The maximum Gasteiger partial charge on any atom is 0.124 e. The molecule has 2 aliphatic rings. The molecular weight excluding hydrogens is 284 g/mol. The number of nitrogens with zero attached hydrogens (tertiary/aromatic N) is 1. The van der Waals surface area contributed by atoms with Gasteiger partial charge in [-0.05, 0) is 81.6 Å². The first kappa shape index (κ1) is 15.1. The minimum atomic E-state index is 1.00. The summed E-state index contributed by atoms with van der Waals surface area (Å²) < 4.78 is 5.73. The third-order valence-electron chi connectivity index (χ3n) is 5.94. The van der Waals surface area contributed by atoms with Gasteiger partial charge in [-0.3, -0.25) is 4.90 Å². The van der Waals surface area contributed by atoms with Gasteiger partial charge in [0.1, 0.15) is 5.75 Å². The lowest BCUT2D eigenvalue weighted by atomic mass is 9.91. The molecule has 1 saturated carbocycles. The van der Waals surface area contributed by atoms with E-state index in [0.717, 1.165) is 24.1 Å². The van der Waals surface area contributed by atoms with Gasteiger partial charge in [-0.25, -0.2) is 0 Å². The molecule has 1 aromatic carbocycles. The zero-order valence-electron chi connectivity index (χ0n) is 14.6. The van der Waals surface area contributed by atoms with Crippen LogP contribution in [0, 0.1) is 25.7 Å². The Morgan fingerprint density at radius 2 is 1.78 bits per heavy atom. The zero-order valence-corrected chi connectivity index (χ0v) is 14.6. The van der Waals surface area contributed by atoms with Gasteiger partial charge in [-0.2, -0.15) is 0 Å². The molecule has 1 aliphatic carbocycles. The fourth-order valence-corrected chi connectivity index (χ4v) is 4.41. The SMILES string of the molecule is COc1cc(C)c2[nH]cc(C)c2c1CN1CCC(C2CC2)CC1. The third kappa shape index (κ3) is 2.76. The molecule has 1 N–H and O–H groups in total. The highest BCUT2D eigenvalue weighted by Crippen LogP contribution is 2.42. The number of H-pyrrole nitrogens is 1. The molecule has 4 rings (SSSR count). The predicted octanol–water partition coefficient (Wildman–Crippen LogP) is 4.42. The third-order valence-corrected chi connectivity index (χ3v) is 5.94. The van der Waals surface area contributed by atoms with Gasteiger partial charge < -0.3 is 9.72 Å². The van der Waals surface area contributed by atoms with Crippen LogP contribution in [0.2, 0.25) is 0 Å². The first-order valence-electron chi connectivity index (χ1n) is 9.04. The van der Waals surface area contributed by atoms with Crippen LogP contribution in [-0.2, 0) is 6.54 Å². The normalized spacial score (nSPS) is 20.3. The van der Waals surface area contributed by atoms with Gasteiger partial charge in [0.05, 0.1) is 7.11 Å². The first-order valence-corrected chi connectivity index (χ1v) is 9.04. The summed E-state index contributed by atoms with van der Waals surface area (Å²) in [4.78, 5) is 6.06. The molecule has 2 heterocycles. The number of nitrogens with one attached hydrogen (secondary N) is 1. The standard InChI is InChI=1S/C20H28N2O/c1-13-10-18(23-3)17(19-14(2)11-21-20(13)19)12-22-8-6-16(7-9-22)15-4-5-15/h10-11,15-16,21H,4-9,12H2,1-3H3. The van der Waals surface area contributed by atoms with Crippen molar-refractivity contribution in [2.45, 2.75) is 46.1 Å². The lowest BCUT2D eigenvalue weighted by molar-refractivity contribution is 0.165. The molecule has 124 valence electrons. The second kappa shape index (κ2) is 5.86. The molecule has 0 unspecified atom stereocenters. The summed E-state index contributed by atoms with van der Waals surface area (Å²) in [6.45, 7) is 7.84. The number of aromatic nitrogens is 1. The molecule has 0 bridgehead atoms. The van der Waals surface area contributed by atoms with E-state index in [2.05, 4.69) is 36.0 Å². The van der Waals surface area contributed by atoms with Gasteiger partial charge >= 0.3 is 0 Å². The fourth-order valence-electron chi connectivity index (χ4n) is 4.41. The number of aryl methyl sites for hydroxylation is 2. The molecule has 0 radical (unpaired) electrons. The molecule has 1 saturated heterocycles. The first-order chi connectivity index (χ1) is 11.2. The summed E-state index contributed by atoms with van der Waals surface area (Å²) in [6, 6.07) is 2.19. The molecule has 0 spiro atoms. The molecule has 2 aromatic rings. The molecule has 1 aliphatic heterocycles. The number of methoxy groups -OCH3 is 1. The van der Waals surface area contributed by atoms with Gasteiger partial charge in [0.25, 0.3) is 0 Å². The van der Waals surface area contributed by atoms with Crippen LogP contribution in [0.15, 0.2) is 12.3 Å². The average Bonchev–Trinajstić information content (AvgIpc) is 3.33. The van der Waals surface area contributed by atoms with E-state index in [9.17, 15) is 0 Å². The van der Waals surface area contributed by atoms with Crippen molar-refractivity contribution in [1.82, 2.24) is 9.88 Å². The van der Waals surface area contributed by atoms with Gasteiger partial charge in [0, 0.05) is 29.2 Å². The molecule has 23 heavy (non-hydrogen) atoms. The molecule has 3 nitrogen and oxygen atoms in total. The van der Waals surface area contributed by atoms with Crippen LogP contribution in [0.4, 0.5) is 0 Å². The highest BCUT2D eigenvalue weighted by atomic mass is 16.5. The molecular formula is C20H28N2O. The Bertz CT molecular complexity index is 706. The molecule has 1 aromatic heterocycles. The van der Waals surface area contributed by atoms with Crippen molar-refractivity contribution in [3.63, 3.8) is 0 Å². The summed E-state index contributed by atoms with van der Waals surface area (Å²) in [5, 5.41) is 1.37. The van der Waals surface area contributed by atoms with Crippen molar-refractivity contribution in [2.24, 2.45) is 11.8 Å². The quantitative estimate of drug-likeness (QED) is 0.905. The number of ether oxygens (including phenoxy) is 1. The van der Waals surface area contributed by atoms with E-state index < -0.39 is 0 Å². The Labute approximate surface area is 139 Å². The van der Waals surface area contributed by atoms with Crippen LogP contribution in [-0.4, -0.2) is 30.1 Å². The van der Waals surface area contributed by atoms with Crippen molar-refractivity contribution >= 4 is 10.9 Å². The predicted molar refractivity (Wildman–Crippen MR) is 95.0 cm³/mol. The summed E-state index contributed by atoms with van der Waals surface area (Å²) in [6.07, 6.45) is 7.86. The fraction of sp³-hybridized carbons (Fsp3) is 0.600. The van der Waals surface area contributed by atoms with E-state index in [1.807, 2.05) is 0 Å². The topological polar surface area (TPSA) is 28.3 Å². The van der Waals surface area contributed by atoms with Crippen LogP contribution in [0.25, 0.3) is 10.9 Å². The molecule has 3 heteroatoms.